The lowest BCUT2D eigenvalue weighted by Gasteiger charge is -2.15. The van der Waals surface area contributed by atoms with Crippen molar-refractivity contribution in [1.82, 2.24) is 33.9 Å². The molecule has 12 aromatic rings. The number of hydrogen-bond acceptors (Lipinski definition) is 4. The van der Waals surface area contributed by atoms with Gasteiger partial charge in [0.2, 0.25) is 5.95 Å². The molecule has 0 aliphatic carbocycles. The van der Waals surface area contributed by atoms with Crippen LogP contribution in [0.5, 0.6) is 0 Å². The summed E-state index contributed by atoms with van der Waals surface area (Å²) in [6.07, 6.45) is 0. The Bertz CT molecular complexity index is 3510. The molecule has 286 valence electrons. The molecule has 8 aromatic carbocycles. The fourth-order valence-electron chi connectivity index (χ4n) is 8.89. The topological polar surface area (TPSA) is 66.3 Å². The Morgan fingerprint density at radius 1 is 0.311 bits per heavy atom. The molecule has 4 heterocycles. The molecule has 0 atom stereocenters. The Hall–Kier alpha value is -8.42. The van der Waals surface area contributed by atoms with E-state index in [0.29, 0.717) is 11.8 Å². The van der Waals surface area contributed by atoms with Crippen molar-refractivity contribution in [2.45, 2.75) is 0 Å². The van der Waals surface area contributed by atoms with Crippen molar-refractivity contribution in [3.05, 3.63) is 212 Å². The maximum Gasteiger partial charge on any atom is 0.235 e. The van der Waals surface area contributed by atoms with Gasteiger partial charge in [0.15, 0.2) is 11.6 Å². The minimum atomic E-state index is 0.574. The average Bonchev–Trinajstić information content (AvgIpc) is 4.03. The third-order valence-electron chi connectivity index (χ3n) is 11.6. The van der Waals surface area contributed by atoms with E-state index in [-0.39, 0.29) is 0 Å². The van der Waals surface area contributed by atoms with Gasteiger partial charge in [0.25, 0.3) is 0 Å². The molecule has 0 fully saturated rings. The second-order valence-electron chi connectivity index (χ2n) is 15.2. The standard InChI is InChI=1S/C54H35N7/c1-5-18-36(19-6-1)46-35-47(37-20-7-2-8-21-37)56-54(55-46)61-49-31-16-13-26-41(49)43-28-17-29-44(51(43)61)53-58-57-52(60(53)40-24-11-4-12-25-40)38-32-33-50-45(34-38)42-27-14-15-30-48(42)59(50)39-22-9-3-10-23-39/h1-35H. The predicted octanol–water partition coefficient (Wildman–Crippen LogP) is 12.9. The maximum absolute atomic E-state index is 5.32. The molecule has 4 aromatic heterocycles. The number of hydrogen-bond donors (Lipinski definition) is 0. The number of rotatable bonds is 7. The van der Waals surface area contributed by atoms with Crippen molar-refractivity contribution in [1.29, 1.82) is 0 Å². The minimum absolute atomic E-state index is 0.574. The monoisotopic (exact) mass is 781 g/mol. The van der Waals surface area contributed by atoms with Crippen molar-refractivity contribution in [3.8, 4) is 62.6 Å². The maximum atomic E-state index is 5.32. The van der Waals surface area contributed by atoms with Crippen molar-refractivity contribution in [2.75, 3.05) is 0 Å². The molecule has 0 saturated carbocycles. The van der Waals surface area contributed by atoms with E-state index in [1.54, 1.807) is 0 Å². The van der Waals surface area contributed by atoms with Crippen LogP contribution in [0.2, 0.25) is 0 Å². The number of nitrogens with zero attached hydrogens (tertiary/aromatic N) is 7. The second kappa shape index (κ2) is 14.1. The molecule has 0 bridgehead atoms. The number of aromatic nitrogens is 7. The summed E-state index contributed by atoms with van der Waals surface area (Å²) in [5, 5.41) is 14.6. The molecule has 0 aliphatic heterocycles. The first kappa shape index (κ1) is 34.6. The molecule has 0 aliphatic rings. The van der Waals surface area contributed by atoms with Crippen LogP contribution in [-0.2, 0) is 0 Å². The van der Waals surface area contributed by atoms with Gasteiger partial charge >= 0.3 is 0 Å². The van der Waals surface area contributed by atoms with Gasteiger partial charge in [0.1, 0.15) is 0 Å². The Kier molecular flexibility index (Phi) is 8.03. The van der Waals surface area contributed by atoms with Gasteiger partial charge in [-0.05, 0) is 66.7 Å². The number of fused-ring (bicyclic) bond motifs is 6. The summed E-state index contributed by atoms with van der Waals surface area (Å²) in [4.78, 5) is 10.6. The SMILES string of the molecule is c1ccc(-c2cc(-c3ccccc3)nc(-n3c4ccccc4c4cccc(-c5nnc(-c6ccc7c(c6)c6ccccc6n7-c6ccccc6)n5-c5ccccc5)c43)n2)cc1. The van der Waals surface area contributed by atoms with Crippen molar-refractivity contribution in [2.24, 2.45) is 0 Å². The lowest BCUT2D eigenvalue weighted by Crippen LogP contribution is -2.06. The third kappa shape index (κ3) is 5.67. The van der Waals surface area contributed by atoms with Crippen LogP contribution in [0.15, 0.2) is 212 Å². The zero-order chi connectivity index (χ0) is 40.3. The first-order valence-electron chi connectivity index (χ1n) is 20.4. The Morgan fingerprint density at radius 3 is 1.44 bits per heavy atom. The molecule has 61 heavy (non-hydrogen) atoms. The van der Waals surface area contributed by atoms with Gasteiger partial charge in [-0.3, -0.25) is 9.13 Å². The summed E-state index contributed by atoms with van der Waals surface area (Å²) in [5.74, 6) is 2.03. The van der Waals surface area contributed by atoms with E-state index in [0.717, 1.165) is 89.1 Å². The molecule has 7 nitrogen and oxygen atoms in total. The average molecular weight is 782 g/mol. The molecule has 7 heteroatoms. The van der Waals surface area contributed by atoms with E-state index in [2.05, 4.69) is 184 Å². The van der Waals surface area contributed by atoms with Gasteiger partial charge in [0, 0.05) is 55.2 Å². The summed E-state index contributed by atoms with van der Waals surface area (Å²) in [5.41, 5.74) is 11.9. The molecular weight excluding hydrogens is 747 g/mol. The van der Waals surface area contributed by atoms with Crippen molar-refractivity contribution >= 4 is 43.6 Å². The summed E-state index contributed by atoms with van der Waals surface area (Å²) in [6, 6.07) is 73.8. The highest BCUT2D eigenvalue weighted by molar-refractivity contribution is 6.13. The fourth-order valence-corrected chi connectivity index (χ4v) is 8.89. The Labute approximate surface area is 351 Å². The van der Waals surface area contributed by atoms with E-state index in [4.69, 9.17) is 20.2 Å². The van der Waals surface area contributed by atoms with E-state index in [1.165, 1.54) is 5.39 Å². The van der Waals surface area contributed by atoms with Crippen LogP contribution >= 0.6 is 0 Å². The summed E-state index contributed by atoms with van der Waals surface area (Å²) in [6.45, 7) is 0. The van der Waals surface area contributed by atoms with E-state index in [9.17, 15) is 0 Å². The molecule has 0 N–H and O–H groups in total. The largest absolute Gasteiger partial charge is 0.309 e. The van der Waals surface area contributed by atoms with Gasteiger partial charge < -0.3 is 4.57 Å². The van der Waals surface area contributed by atoms with Gasteiger partial charge in [0.05, 0.1) is 33.5 Å². The zero-order valence-electron chi connectivity index (χ0n) is 32.8. The molecule has 0 unspecified atom stereocenters. The van der Waals surface area contributed by atoms with Gasteiger partial charge in [-0.1, -0.05) is 146 Å². The molecule has 12 rings (SSSR count). The lowest BCUT2D eigenvalue weighted by molar-refractivity contribution is 0.993. The highest BCUT2D eigenvalue weighted by Gasteiger charge is 2.25. The van der Waals surface area contributed by atoms with Crippen LogP contribution < -0.4 is 0 Å². The van der Waals surface area contributed by atoms with Crippen LogP contribution in [0.25, 0.3) is 106 Å². The van der Waals surface area contributed by atoms with E-state index >= 15 is 0 Å². The highest BCUT2D eigenvalue weighted by Crippen LogP contribution is 2.41. The second-order valence-corrected chi connectivity index (χ2v) is 15.2. The highest BCUT2D eigenvalue weighted by atomic mass is 15.3. The lowest BCUT2D eigenvalue weighted by atomic mass is 10.1. The van der Waals surface area contributed by atoms with Crippen LogP contribution in [0.4, 0.5) is 0 Å². The molecule has 0 radical (unpaired) electrons. The smallest absolute Gasteiger partial charge is 0.235 e. The first-order valence-corrected chi connectivity index (χ1v) is 20.4. The number of para-hydroxylation sites is 5. The Balaban J connectivity index is 1.12. The van der Waals surface area contributed by atoms with E-state index < -0.39 is 0 Å². The van der Waals surface area contributed by atoms with Gasteiger partial charge in [-0.25, -0.2) is 9.97 Å². The minimum Gasteiger partial charge on any atom is -0.309 e. The van der Waals surface area contributed by atoms with Gasteiger partial charge in [-0.2, -0.15) is 0 Å². The Morgan fingerprint density at radius 2 is 0.803 bits per heavy atom. The molecule has 0 amide bonds. The van der Waals surface area contributed by atoms with Crippen molar-refractivity contribution < 1.29 is 0 Å². The normalized spacial score (nSPS) is 11.6. The van der Waals surface area contributed by atoms with Gasteiger partial charge in [-0.15, -0.1) is 10.2 Å². The summed E-state index contributed by atoms with van der Waals surface area (Å²) < 4.78 is 6.72. The third-order valence-corrected chi connectivity index (χ3v) is 11.6. The van der Waals surface area contributed by atoms with Crippen LogP contribution in [-0.4, -0.2) is 33.9 Å². The molecule has 0 spiro atoms. The molecule has 0 saturated heterocycles. The van der Waals surface area contributed by atoms with Crippen LogP contribution in [0.3, 0.4) is 0 Å². The molecular formula is C54H35N7. The predicted molar refractivity (Wildman–Crippen MR) is 247 cm³/mol. The van der Waals surface area contributed by atoms with Crippen molar-refractivity contribution in [3.63, 3.8) is 0 Å². The quantitative estimate of drug-likeness (QED) is 0.161. The van der Waals surface area contributed by atoms with Crippen LogP contribution in [0.1, 0.15) is 0 Å². The first-order chi connectivity index (χ1) is 30.3. The zero-order valence-corrected chi connectivity index (χ0v) is 32.8. The number of benzene rings is 8. The summed E-state index contributed by atoms with van der Waals surface area (Å²) in [7, 11) is 0. The van der Waals surface area contributed by atoms with Crippen LogP contribution in [0, 0.1) is 0 Å². The summed E-state index contributed by atoms with van der Waals surface area (Å²) >= 11 is 0. The van der Waals surface area contributed by atoms with E-state index in [1.807, 2.05) is 42.5 Å². The fraction of sp³-hybridized carbons (Fsp3) is 0.